The zero-order valence-electron chi connectivity index (χ0n) is 13.1. The van der Waals surface area contributed by atoms with Gasteiger partial charge in [0.15, 0.2) is 5.96 Å². The normalized spacial score (nSPS) is 20.9. The first-order valence-electron chi connectivity index (χ1n) is 8.34. The number of hydrogen-bond donors (Lipinski definition) is 1. The predicted octanol–water partition coefficient (Wildman–Crippen LogP) is 3.63. The fourth-order valence-electron chi connectivity index (χ4n) is 3.11. The first kappa shape index (κ1) is 14.9. The van der Waals surface area contributed by atoms with E-state index in [2.05, 4.69) is 28.4 Å². The zero-order valence-corrected chi connectivity index (χ0v) is 13.1. The Morgan fingerprint density at radius 2 is 1.86 bits per heavy atom. The number of anilines is 1. The molecule has 0 aromatic heterocycles. The molecule has 1 heterocycles. The summed E-state index contributed by atoms with van der Waals surface area (Å²) in [5, 5.41) is 12.9. The third-order valence-electron chi connectivity index (χ3n) is 4.76. The van der Waals surface area contributed by atoms with Crippen LogP contribution in [0.15, 0.2) is 35.3 Å². The van der Waals surface area contributed by atoms with E-state index in [1.54, 1.807) is 0 Å². The molecule has 22 heavy (non-hydrogen) atoms. The molecule has 0 bridgehead atoms. The highest BCUT2D eigenvalue weighted by Crippen LogP contribution is 2.40. The smallest absolute Gasteiger partial charge is 0.198 e. The fraction of sp³-hybridized carbons (Fsp3) is 0.556. The Morgan fingerprint density at radius 3 is 2.45 bits per heavy atom. The van der Waals surface area contributed by atoms with Crippen LogP contribution in [-0.2, 0) is 0 Å². The molecule has 1 aromatic rings. The molecule has 1 saturated carbocycles. The molecule has 4 nitrogen and oxygen atoms in total. The Kier molecular flexibility index (Phi) is 4.62. The summed E-state index contributed by atoms with van der Waals surface area (Å²) in [5.41, 5.74) is 0.853. The predicted molar refractivity (Wildman–Crippen MR) is 89.7 cm³/mol. The topological polar surface area (TPSA) is 51.4 Å². The fourth-order valence-corrected chi connectivity index (χ4v) is 3.11. The summed E-state index contributed by atoms with van der Waals surface area (Å²) in [5.74, 6) is 0.937. The summed E-state index contributed by atoms with van der Waals surface area (Å²) in [6, 6.07) is 12.7. The average molecular weight is 296 g/mol. The van der Waals surface area contributed by atoms with Crippen LogP contribution in [0.5, 0.6) is 0 Å². The maximum Gasteiger partial charge on any atom is 0.198 e. The summed E-state index contributed by atoms with van der Waals surface area (Å²) < 4.78 is 0. The molecule has 1 aromatic carbocycles. The number of likely N-dealkylation sites (tertiary alicyclic amines) is 1. The second-order valence-corrected chi connectivity index (χ2v) is 6.42. The van der Waals surface area contributed by atoms with E-state index in [0.717, 1.165) is 44.0 Å². The highest BCUT2D eigenvalue weighted by Gasteiger charge is 2.37. The van der Waals surface area contributed by atoms with Gasteiger partial charge in [0.1, 0.15) is 0 Å². The molecule has 3 rings (SSSR count). The summed E-state index contributed by atoms with van der Waals surface area (Å²) in [6.07, 6.45) is 6.89. The average Bonchev–Trinajstić information content (AvgIpc) is 2.55. The van der Waals surface area contributed by atoms with Crippen LogP contribution in [-0.4, -0.2) is 30.5 Å². The molecule has 1 saturated heterocycles. The first-order chi connectivity index (χ1) is 10.8. The molecular formula is C18H24N4. The van der Waals surface area contributed by atoms with Crippen molar-refractivity contribution >= 4 is 11.6 Å². The largest absolute Gasteiger partial charge is 0.343 e. The van der Waals surface area contributed by atoms with Crippen molar-refractivity contribution in [2.45, 2.75) is 38.5 Å². The quantitative estimate of drug-likeness (QED) is 0.684. The lowest BCUT2D eigenvalue weighted by atomic mass is 9.70. The Hall–Kier alpha value is -2.02. The van der Waals surface area contributed by atoms with Crippen molar-refractivity contribution in [1.82, 2.24) is 4.90 Å². The maximum absolute atomic E-state index is 9.40. The van der Waals surface area contributed by atoms with Crippen LogP contribution in [0.2, 0.25) is 0 Å². The minimum absolute atomic E-state index is 0.209. The highest BCUT2D eigenvalue weighted by atomic mass is 15.3. The van der Waals surface area contributed by atoms with Gasteiger partial charge in [-0.05, 0) is 44.2 Å². The van der Waals surface area contributed by atoms with E-state index in [9.17, 15) is 5.26 Å². The second kappa shape index (κ2) is 6.83. The number of rotatable bonds is 3. The van der Waals surface area contributed by atoms with Crippen LogP contribution >= 0.6 is 0 Å². The number of benzene rings is 1. The van der Waals surface area contributed by atoms with E-state index in [-0.39, 0.29) is 5.41 Å². The number of hydrogen-bond acceptors (Lipinski definition) is 2. The Morgan fingerprint density at radius 1 is 1.14 bits per heavy atom. The third-order valence-corrected chi connectivity index (χ3v) is 4.76. The molecule has 0 amide bonds. The van der Waals surface area contributed by atoms with Crippen LogP contribution in [0.1, 0.15) is 38.5 Å². The van der Waals surface area contributed by atoms with E-state index in [1.165, 1.54) is 19.3 Å². The van der Waals surface area contributed by atoms with E-state index >= 15 is 0 Å². The van der Waals surface area contributed by atoms with Crippen molar-refractivity contribution in [2.75, 3.05) is 25.0 Å². The van der Waals surface area contributed by atoms with E-state index in [4.69, 9.17) is 4.99 Å². The molecule has 0 atom stereocenters. The molecular weight excluding hydrogens is 272 g/mol. The molecule has 0 radical (unpaired) electrons. The SMILES string of the molecule is N#CC1(CN=C(Nc2ccccc2)N2CCCCC2)CCC1. The molecule has 2 fully saturated rings. The van der Waals surface area contributed by atoms with Crippen LogP contribution in [0.4, 0.5) is 5.69 Å². The van der Waals surface area contributed by atoms with E-state index in [1.807, 2.05) is 18.2 Å². The van der Waals surface area contributed by atoms with Crippen LogP contribution in [0.25, 0.3) is 0 Å². The molecule has 0 unspecified atom stereocenters. The van der Waals surface area contributed by atoms with Crippen LogP contribution in [0.3, 0.4) is 0 Å². The Labute approximate surface area is 132 Å². The number of nitrogens with zero attached hydrogens (tertiary/aromatic N) is 3. The van der Waals surface area contributed by atoms with Gasteiger partial charge in [-0.15, -0.1) is 0 Å². The molecule has 1 N–H and O–H groups in total. The molecule has 4 heteroatoms. The number of para-hydroxylation sites is 1. The van der Waals surface area contributed by atoms with Crippen molar-refractivity contribution in [1.29, 1.82) is 5.26 Å². The van der Waals surface area contributed by atoms with Gasteiger partial charge in [-0.3, -0.25) is 4.99 Å². The Bertz CT molecular complexity index is 548. The number of guanidine groups is 1. The Balaban J connectivity index is 1.74. The van der Waals surface area contributed by atoms with Crippen molar-refractivity contribution < 1.29 is 0 Å². The van der Waals surface area contributed by atoms with Crippen molar-refractivity contribution in [3.8, 4) is 6.07 Å². The van der Waals surface area contributed by atoms with Crippen molar-refractivity contribution in [2.24, 2.45) is 10.4 Å². The van der Waals surface area contributed by atoms with Gasteiger partial charge in [0.05, 0.1) is 18.0 Å². The summed E-state index contributed by atoms with van der Waals surface area (Å²) in [4.78, 5) is 7.15. The zero-order chi connectivity index (χ0) is 15.3. The lowest BCUT2D eigenvalue weighted by molar-refractivity contribution is 0.225. The van der Waals surface area contributed by atoms with Gasteiger partial charge in [-0.2, -0.15) is 5.26 Å². The third kappa shape index (κ3) is 3.41. The van der Waals surface area contributed by atoms with Gasteiger partial charge in [-0.1, -0.05) is 24.6 Å². The van der Waals surface area contributed by atoms with E-state index < -0.39 is 0 Å². The summed E-state index contributed by atoms with van der Waals surface area (Å²) in [7, 11) is 0. The molecule has 1 aliphatic carbocycles. The van der Waals surface area contributed by atoms with Gasteiger partial charge < -0.3 is 10.2 Å². The minimum atomic E-state index is -0.209. The number of nitrogens with one attached hydrogen (secondary N) is 1. The molecule has 2 aliphatic rings. The highest BCUT2D eigenvalue weighted by molar-refractivity contribution is 5.93. The van der Waals surface area contributed by atoms with Crippen LogP contribution < -0.4 is 5.32 Å². The lowest BCUT2D eigenvalue weighted by Gasteiger charge is -2.35. The molecule has 116 valence electrons. The number of nitriles is 1. The first-order valence-corrected chi connectivity index (χ1v) is 8.34. The van der Waals surface area contributed by atoms with Gasteiger partial charge in [-0.25, -0.2) is 0 Å². The van der Waals surface area contributed by atoms with Crippen LogP contribution in [0, 0.1) is 16.7 Å². The second-order valence-electron chi connectivity index (χ2n) is 6.42. The van der Waals surface area contributed by atoms with Gasteiger partial charge in [0.25, 0.3) is 0 Å². The molecule has 1 aliphatic heterocycles. The standard InChI is InChI=1S/C18H24N4/c19-14-18(10-7-11-18)15-20-17(22-12-5-2-6-13-22)21-16-8-3-1-4-9-16/h1,3-4,8-9H,2,5-7,10-13,15H2,(H,20,21). The molecule has 0 spiro atoms. The summed E-state index contributed by atoms with van der Waals surface area (Å²) in [6.45, 7) is 2.73. The van der Waals surface area contributed by atoms with Crippen molar-refractivity contribution in [3.63, 3.8) is 0 Å². The van der Waals surface area contributed by atoms with Gasteiger partial charge in [0, 0.05) is 18.8 Å². The number of aliphatic imine (C=N–C) groups is 1. The van der Waals surface area contributed by atoms with Gasteiger partial charge in [0.2, 0.25) is 0 Å². The van der Waals surface area contributed by atoms with Crippen molar-refractivity contribution in [3.05, 3.63) is 30.3 Å². The minimum Gasteiger partial charge on any atom is -0.343 e. The number of piperidine rings is 1. The summed E-state index contributed by atoms with van der Waals surface area (Å²) >= 11 is 0. The monoisotopic (exact) mass is 296 g/mol. The maximum atomic E-state index is 9.40. The van der Waals surface area contributed by atoms with E-state index in [0.29, 0.717) is 6.54 Å². The van der Waals surface area contributed by atoms with Gasteiger partial charge >= 0.3 is 0 Å². The lowest BCUT2D eigenvalue weighted by Crippen LogP contribution is -2.41.